The van der Waals surface area contributed by atoms with E-state index in [4.69, 9.17) is 0 Å². The molecule has 6 nitrogen and oxygen atoms in total. The van der Waals surface area contributed by atoms with Crippen LogP contribution in [0.4, 0.5) is 34.9 Å². The van der Waals surface area contributed by atoms with Gasteiger partial charge in [-0.15, -0.1) is 0 Å². The first-order chi connectivity index (χ1) is 18.2. The zero-order valence-electron chi connectivity index (χ0n) is 20.4. The van der Waals surface area contributed by atoms with Crippen LogP contribution in [0.3, 0.4) is 0 Å². The Morgan fingerprint density at radius 2 is 1.82 bits per heavy atom. The molecule has 10 heteroatoms. The van der Waals surface area contributed by atoms with Crippen LogP contribution < -0.4 is 10.6 Å². The summed E-state index contributed by atoms with van der Waals surface area (Å²) in [5, 5.41) is 16.5. The van der Waals surface area contributed by atoms with Crippen molar-refractivity contribution >= 4 is 17.3 Å². The quantitative estimate of drug-likeness (QED) is 0.252. The van der Waals surface area contributed by atoms with E-state index in [9.17, 15) is 22.7 Å². The number of aliphatic hydroxyl groups excluding tert-OH is 1. The molecule has 2 heterocycles. The number of aromatic nitrogens is 3. The summed E-state index contributed by atoms with van der Waals surface area (Å²) >= 11 is 0. The standard InChI is InChI=1S/C28H25F4N5O/c1-16(17-5-8-19(29)9-6-17)35-27-21(11-12-25(37-27)28(30,31)32)24-14-26(34-15-33-24)36-23-4-2-3-18-7-10-20(38)13-22(18)23/h2-6,8-9,11-12,14-16,20,38H,7,10,13H2,1H3,(H,35,37)(H,33,34,36). The van der Waals surface area contributed by atoms with E-state index in [0.717, 1.165) is 29.3 Å². The average molecular weight is 524 g/mol. The molecule has 3 N–H and O–H groups in total. The fraction of sp³-hybridized carbons (Fsp3) is 0.250. The molecule has 0 spiro atoms. The van der Waals surface area contributed by atoms with Gasteiger partial charge in [0, 0.05) is 29.8 Å². The summed E-state index contributed by atoms with van der Waals surface area (Å²) < 4.78 is 53.8. The van der Waals surface area contributed by atoms with Gasteiger partial charge in [0.2, 0.25) is 0 Å². The zero-order valence-corrected chi connectivity index (χ0v) is 20.4. The Balaban J connectivity index is 1.49. The van der Waals surface area contributed by atoms with E-state index in [1.165, 1.54) is 24.5 Å². The van der Waals surface area contributed by atoms with Crippen molar-refractivity contribution in [3.05, 3.63) is 95.2 Å². The molecule has 5 rings (SSSR count). The number of nitrogens with one attached hydrogen (secondary N) is 2. The van der Waals surface area contributed by atoms with E-state index in [1.807, 2.05) is 18.2 Å². The third-order valence-electron chi connectivity index (χ3n) is 6.57. The molecule has 2 aromatic carbocycles. The lowest BCUT2D eigenvalue weighted by atomic mass is 9.88. The minimum absolute atomic E-state index is 0.0125. The van der Waals surface area contributed by atoms with Crippen molar-refractivity contribution in [2.45, 2.75) is 44.5 Å². The Bertz CT molecular complexity index is 1440. The molecule has 0 saturated carbocycles. The summed E-state index contributed by atoms with van der Waals surface area (Å²) in [6.45, 7) is 1.75. The Hall–Kier alpha value is -4.05. The molecule has 2 aromatic heterocycles. The minimum Gasteiger partial charge on any atom is -0.393 e. The summed E-state index contributed by atoms with van der Waals surface area (Å²) in [5.41, 5.74) is 3.32. The molecular weight excluding hydrogens is 498 g/mol. The van der Waals surface area contributed by atoms with Crippen LogP contribution in [0.1, 0.15) is 41.8 Å². The fourth-order valence-corrected chi connectivity index (χ4v) is 4.57. The Kier molecular flexibility index (Phi) is 6.98. The van der Waals surface area contributed by atoms with Gasteiger partial charge in [0.05, 0.1) is 11.8 Å². The van der Waals surface area contributed by atoms with Crippen LogP contribution in [0.2, 0.25) is 0 Å². The van der Waals surface area contributed by atoms with Crippen LogP contribution in [0.25, 0.3) is 11.3 Å². The maximum atomic E-state index is 13.5. The van der Waals surface area contributed by atoms with Crippen molar-refractivity contribution in [1.29, 1.82) is 0 Å². The molecule has 4 aromatic rings. The lowest BCUT2D eigenvalue weighted by Gasteiger charge is -2.23. The fourth-order valence-electron chi connectivity index (χ4n) is 4.57. The second kappa shape index (κ2) is 10.4. The van der Waals surface area contributed by atoms with Crippen molar-refractivity contribution in [1.82, 2.24) is 15.0 Å². The molecule has 196 valence electrons. The van der Waals surface area contributed by atoms with Gasteiger partial charge >= 0.3 is 6.18 Å². The van der Waals surface area contributed by atoms with Gasteiger partial charge in [-0.05, 0) is 66.8 Å². The molecule has 2 atom stereocenters. The van der Waals surface area contributed by atoms with Gasteiger partial charge in [-0.2, -0.15) is 13.2 Å². The van der Waals surface area contributed by atoms with Gasteiger partial charge in [-0.3, -0.25) is 0 Å². The van der Waals surface area contributed by atoms with E-state index in [2.05, 4.69) is 25.6 Å². The molecule has 1 aliphatic carbocycles. The summed E-state index contributed by atoms with van der Waals surface area (Å²) in [6, 6.07) is 15.0. The molecule has 0 fully saturated rings. The van der Waals surface area contributed by atoms with Crippen molar-refractivity contribution in [2.75, 3.05) is 10.6 Å². The first-order valence-corrected chi connectivity index (χ1v) is 12.2. The predicted molar refractivity (Wildman–Crippen MR) is 136 cm³/mol. The highest BCUT2D eigenvalue weighted by Crippen LogP contribution is 2.35. The maximum absolute atomic E-state index is 13.5. The monoisotopic (exact) mass is 523 g/mol. The number of rotatable bonds is 6. The van der Waals surface area contributed by atoms with Gasteiger partial charge in [-0.25, -0.2) is 19.3 Å². The summed E-state index contributed by atoms with van der Waals surface area (Å²) in [6.07, 6.45) is -1.72. The highest BCUT2D eigenvalue weighted by atomic mass is 19.4. The number of hydrogen-bond donors (Lipinski definition) is 3. The van der Waals surface area contributed by atoms with Crippen LogP contribution in [-0.4, -0.2) is 26.2 Å². The first-order valence-electron chi connectivity index (χ1n) is 12.2. The Labute approximate surface area is 216 Å². The summed E-state index contributed by atoms with van der Waals surface area (Å²) in [7, 11) is 0. The van der Waals surface area contributed by atoms with E-state index in [1.54, 1.807) is 25.1 Å². The van der Waals surface area contributed by atoms with E-state index < -0.39 is 29.8 Å². The number of nitrogens with zero attached hydrogens (tertiary/aromatic N) is 3. The number of alkyl halides is 3. The normalized spacial score (nSPS) is 16.0. The molecule has 0 saturated heterocycles. The van der Waals surface area contributed by atoms with E-state index >= 15 is 0 Å². The van der Waals surface area contributed by atoms with Crippen LogP contribution in [0, 0.1) is 5.82 Å². The van der Waals surface area contributed by atoms with Gasteiger partial charge < -0.3 is 15.7 Å². The van der Waals surface area contributed by atoms with Crippen LogP contribution in [-0.2, 0) is 19.0 Å². The SMILES string of the molecule is CC(Nc1nc(C(F)(F)F)ccc1-c1cc(Nc2cccc3c2CC(O)CC3)ncn1)c1ccc(F)cc1. The molecule has 0 amide bonds. The smallest absolute Gasteiger partial charge is 0.393 e. The van der Waals surface area contributed by atoms with Crippen LogP contribution in [0.15, 0.2) is 67.0 Å². The highest BCUT2D eigenvalue weighted by molar-refractivity contribution is 5.75. The number of aliphatic hydroxyl groups is 1. The van der Waals surface area contributed by atoms with E-state index in [0.29, 0.717) is 35.5 Å². The van der Waals surface area contributed by atoms with Gasteiger partial charge in [-0.1, -0.05) is 24.3 Å². The summed E-state index contributed by atoms with van der Waals surface area (Å²) in [5.74, 6) is 0.0245. The van der Waals surface area contributed by atoms with Gasteiger partial charge in [0.1, 0.15) is 29.5 Å². The molecule has 0 radical (unpaired) electrons. The molecule has 38 heavy (non-hydrogen) atoms. The lowest BCUT2D eigenvalue weighted by molar-refractivity contribution is -0.141. The number of aryl methyl sites for hydroxylation is 1. The van der Waals surface area contributed by atoms with E-state index in [-0.39, 0.29) is 5.82 Å². The van der Waals surface area contributed by atoms with Crippen LogP contribution in [0.5, 0.6) is 0 Å². The lowest BCUT2D eigenvalue weighted by Crippen LogP contribution is -2.19. The first kappa shape index (κ1) is 25.6. The minimum atomic E-state index is -4.64. The summed E-state index contributed by atoms with van der Waals surface area (Å²) in [4.78, 5) is 12.4. The number of fused-ring (bicyclic) bond motifs is 1. The second-order valence-corrected chi connectivity index (χ2v) is 9.26. The Morgan fingerprint density at radius 1 is 1.03 bits per heavy atom. The second-order valence-electron chi connectivity index (χ2n) is 9.26. The maximum Gasteiger partial charge on any atom is 0.433 e. The molecule has 0 aliphatic heterocycles. The molecule has 2 unspecified atom stereocenters. The molecular formula is C28H25F4N5O. The number of halogens is 4. The predicted octanol–water partition coefficient (Wildman–Crippen LogP) is 6.46. The topological polar surface area (TPSA) is 83.0 Å². The van der Waals surface area contributed by atoms with Crippen molar-refractivity contribution in [2.24, 2.45) is 0 Å². The largest absolute Gasteiger partial charge is 0.433 e. The van der Waals surface area contributed by atoms with Crippen molar-refractivity contribution in [3.8, 4) is 11.3 Å². The third kappa shape index (κ3) is 5.60. The molecule has 1 aliphatic rings. The van der Waals surface area contributed by atoms with Gasteiger partial charge in [0.15, 0.2) is 0 Å². The van der Waals surface area contributed by atoms with Crippen molar-refractivity contribution in [3.63, 3.8) is 0 Å². The zero-order chi connectivity index (χ0) is 26.9. The number of benzene rings is 2. The number of anilines is 3. The van der Waals surface area contributed by atoms with Crippen molar-refractivity contribution < 1.29 is 22.7 Å². The number of pyridine rings is 1. The molecule has 0 bridgehead atoms. The average Bonchev–Trinajstić information content (AvgIpc) is 2.89. The Morgan fingerprint density at radius 3 is 2.58 bits per heavy atom. The van der Waals surface area contributed by atoms with Crippen LogP contribution >= 0.6 is 0 Å². The third-order valence-corrected chi connectivity index (χ3v) is 6.57. The highest BCUT2D eigenvalue weighted by Gasteiger charge is 2.33. The van der Waals surface area contributed by atoms with Gasteiger partial charge in [0.25, 0.3) is 0 Å². The number of hydrogen-bond acceptors (Lipinski definition) is 6.